The second-order valence-corrected chi connectivity index (χ2v) is 8.81. The minimum absolute atomic E-state index is 0.0200. The van der Waals surface area contributed by atoms with Gasteiger partial charge in [0.1, 0.15) is 0 Å². The summed E-state index contributed by atoms with van der Waals surface area (Å²) in [7, 11) is 0. The van der Waals surface area contributed by atoms with Crippen molar-refractivity contribution in [2.75, 3.05) is 13.2 Å². The molecule has 0 unspecified atom stereocenters. The summed E-state index contributed by atoms with van der Waals surface area (Å²) in [5.41, 5.74) is 6.67. The number of benzene rings is 1. The number of rotatable bonds is 6. The van der Waals surface area contributed by atoms with Gasteiger partial charge >= 0.3 is 0 Å². The molecule has 0 spiro atoms. The highest BCUT2D eigenvalue weighted by atomic mass is 35.5. The van der Waals surface area contributed by atoms with Crippen LogP contribution in [-0.2, 0) is 0 Å². The van der Waals surface area contributed by atoms with Gasteiger partial charge in [0.25, 0.3) is 0 Å². The maximum atomic E-state index is 9.44. The summed E-state index contributed by atoms with van der Waals surface area (Å²) < 4.78 is 2.26. The van der Waals surface area contributed by atoms with E-state index >= 15 is 0 Å². The van der Waals surface area contributed by atoms with Gasteiger partial charge in [-0.1, -0.05) is 23.7 Å². The van der Waals surface area contributed by atoms with Gasteiger partial charge in [0.15, 0.2) is 5.11 Å². The van der Waals surface area contributed by atoms with E-state index in [1.54, 1.807) is 0 Å². The molecule has 0 aliphatic carbocycles. The van der Waals surface area contributed by atoms with Crippen LogP contribution in [0.15, 0.2) is 48.7 Å². The van der Waals surface area contributed by atoms with Crippen LogP contribution in [0.5, 0.6) is 0 Å². The number of halogens is 1. The van der Waals surface area contributed by atoms with Gasteiger partial charge in [-0.15, -0.1) is 0 Å². The van der Waals surface area contributed by atoms with E-state index in [0.29, 0.717) is 23.1 Å². The highest BCUT2D eigenvalue weighted by Crippen LogP contribution is 2.41. The lowest BCUT2D eigenvalue weighted by Crippen LogP contribution is -2.31. The maximum absolute atomic E-state index is 9.44. The second kappa shape index (κ2) is 8.99. The van der Waals surface area contributed by atoms with Crippen molar-refractivity contribution in [3.8, 4) is 5.69 Å². The zero-order valence-corrected chi connectivity index (χ0v) is 19.5. The second-order valence-electron chi connectivity index (χ2n) is 7.99. The molecule has 0 bridgehead atoms. The molecule has 1 aliphatic rings. The first kappa shape index (κ1) is 21.8. The normalized spacial score (nSPS) is 18.5. The molecule has 0 saturated carbocycles. The molecule has 162 valence electrons. The first-order chi connectivity index (χ1) is 14.9. The molecule has 0 radical (unpaired) electrons. The van der Waals surface area contributed by atoms with Crippen molar-refractivity contribution in [1.82, 2.24) is 19.8 Å². The van der Waals surface area contributed by atoms with Gasteiger partial charge in [0, 0.05) is 41.4 Å². The molecule has 7 heteroatoms. The van der Waals surface area contributed by atoms with Crippen LogP contribution in [0.3, 0.4) is 0 Å². The van der Waals surface area contributed by atoms with Crippen molar-refractivity contribution in [2.24, 2.45) is 0 Å². The zero-order valence-electron chi connectivity index (χ0n) is 18.0. The molecule has 2 atom stereocenters. The van der Waals surface area contributed by atoms with Crippen molar-refractivity contribution < 1.29 is 5.11 Å². The number of aromatic nitrogens is 2. The topological polar surface area (TPSA) is 53.3 Å². The Labute approximate surface area is 193 Å². The molecule has 1 saturated heterocycles. The van der Waals surface area contributed by atoms with Crippen LogP contribution >= 0.6 is 23.8 Å². The number of aliphatic hydroxyl groups excluding tert-OH is 1. The Balaban J connectivity index is 1.84. The lowest BCUT2D eigenvalue weighted by atomic mass is 9.96. The van der Waals surface area contributed by atoms with Crippen molar-refractivity contribution in [3.05, 3.63) is 81.9 Å². The zero-order chi connectivity index (χ0) is 22.1. The Kier molecular flexibility index (Phi) is 6.32. The predicted molar refractivity (Wildman–Crippen MR) is 129 cm³/mol. The molecule has 1 aliphatic heterocycles. The number of aliphatic hydroxyl groups is 1. The summed E-state index contributed by atoms with van der Waals surface area (Å²) in [4.78, 5) is 6.79. The van der Waals surface area contributed by atoms with Crippen LogP contribution in [0, 0.1) is 20.8 Å². The van der Waals surface area contributed by atoms with Crippen LogP contribution in [0.4, 0.5) is 0 Å². The van der Waals surface area contributed by atoms with E-state index in [-0.39, 0.29) is 18.7 Å². The Morgan fingerprint density at radius 2 is 1.97 bits per heavy atom. The third-order valence-electron chi connectivity index (χ3n) is 5.96. The lowest BCUT2D eigenvalue weighted by molar-refractivity contribution is 0.247. The highest BCUT2D eigenvalue weighted by Gasteiger charge is 2.41. The van der Waals surface area contributed by atoms with Crippen LogP contribution in [0.1, 0.15) is 46.7 Å². The number of hydrogen-bond acceptors (Lipinski definition) is 3. The third kappa shape index (κ3) is 4.07. The first-order valence-corrected chi connectivity index (χ1v) is 11.2. The number of aryl methyl sites for hydroxylation is 2. The number of hydrogen-bond donors (Lipinski definition) is 2. The Morgan fingerprint density at radius 1 is 1.16 bits per heavy atom. The van der Waals surface area contributed by atoms with E-state index < -0.39 is 0 Å². The van der Waals surface area contributed by atoms with Crippen molar-refractivity contribution in [3.63, 3.8) is 0 Å². The van der Waals surface area contributed by atoms with Crippen molar-refractivity contribution in [2.45, 2.75) is 39.3 Å². The summed E-state index contributed by atoms with van der Waals surface area (Å²) in [5, 5.41) is 14.3. The van der Waals surface area contributed by atoms with Crippen LogP contribution in [0.2, 0.25) is 5.02 Å². The van der Waals surface area contributed by atoms with E-state index in [1.807, 2.05) is 42.6 Å². The van der Waals surface area contributed by atoms with E-state index in [1.165, 1.54) is 5.56 Å². The van der Waals surface area contributed by atoms with E-state index in [2.05, 4.69) is 46.6 Å². The third-order valence-corrected chi connectivity index (χ3v) is 6.54. The summed E-state index contributed by atoms with van der Waals surface area (Å²) in [6, 6.07) is 14.1. The van der Waals surface area contributed by atoms with Crippen LogP contribution < -0.4 is 5.32 Å². The van der Waals surface area contributed by atoms with Gasteiger partial charge in [0.2, 0.25) is 0 Å². The monoisotopic (exact) mass is 454 g/mol. The molecule has 0 amide bonds. The number of pyridine rings is 1. The van der Waals surface area contributed by atoms with Gasteiger partial charge in [-0.2, -0.15) is 0 Å². The number of thiocarbonyl (C=S) groups is 1. The highest BCUT2D eigenvalue weighted by molar-refractivity contribution is 7.80. The molecule has 5 nitrogen and oxygen atoms in total. The summed E-state index contributed by atoms with van der Waals surface area (Å²) in [6.07, 6.45) is 2.46. The molecule has 3 heterocycles. The first-order valence-electron chi connectivity index (χ1n) is 10.5. The summed E-state index contributed by atoms with van der Waals surface area (Å²) in [6.45, 7) is 7.16. The quantitative estimate of drug-likeness (QED) is 0.523. The fraction of sp³-hybridized carbons (Fsp3) is 0.333. The maximum Gasteiger partial charge on any atom is 0.170 e. The van der Waals surface area contributed by atoms with Gasteiger partial charge in [-0.3, -0.25) is 4.98 Å². The predicted octanol–water partition coefficient (Wildman–Crippen LogP) is 4.81. The average Bonchev–Trinajstić information content (AvgIpc) is 3.24. The van der Waals surface area contributed by atoms with Gasteiger partial charge in [-0.25, -0.2) is 0 Å². The van der Waals surface area contributed by atoms with E-state index in [4.69, 9.17) is 23.8 Å². The molecule has 1 fully saturated rings. The van der Waals surface area contributed by atoms with Crippen molar-refractivity contribution >= 4 is 28.9 Å². The fourth-order valence-corrected chi connectivity index (χ4v) is 5.01. The lowest BCUT2D eigenvalue weighted by Gasteiger charge is -2.28. The summed E-state index contributed by atoms with van der Waals surface area (Å²) in [5.74, 6) is 0. The van der Waals surface area contributed by atoms with E-state index in [0.717, 1.165) is 28.3 Å². The van der Waals surface area contributed by atoms with Crippen molar-refractivity contribution in [1.29, 1.82) is 0 Å². The summed E-state index contributed by atoms with van der Waals surface area (Å²) >= 11 is 12.0. The van der Waals surface area contributed by atoms with Crippen LogP contribution in [0.25, 0.3) is 5.69 Å². The number of nitrogens with zero attached hydrogens (tertiary/aromatic N) is 3. The molecule has 2 N–H and O–H groups in total. The minimum atomic E-state index is -0.0678. The average molecular weight is 455 g/mol. The van der Waals surface area contributed by atoms with Crippen LogP contribution in [-0.4, -0.2) is 37.8 Å². The Hall–Kier alpha value is -2.41. The molecular formula is C24H27ClN4OS. The number of nitrogens with one attached hydrogen (secondary N) is 1. The molecule has 2 aromatic heterocycles. The molecular weight excluding hydrogens is 428 g/mol. The van der Waals surface area contributed by atoms with E-state index in [9.17, 15) is 5.11 Å². The SMILES string of the molecule is Cc1ccc(Cl)cc1-n1c(C)cc([C@H]2[C@H](c3ccccn3)NC(=S)N2CCCO)c1C. The fourth-order valence-electron chi connectivity index (χ4n) is 4.51. The van der Waals surface area contributed by atoms with Gasteiger partial charge < -0.3 is 19.9 Å². The largest absolute Gasteiger partial charge is 0.396 e. The minimum Gasteiger partial charge on any atom is -0.396 e. The molecule has 1 aromatic carbocycles. The molecule has 3 aromatic rings. The standard InChI is InChI=1S/C24H27ClN4OS/c1-15-8-9-18(25)14-21(15)29-16(2)13-19(17(29)3)23-22(20-7-4-5-10-26-20)27-24(31)28(23)11-6-12-30/h4-5,7-10,13-14,22-23,30H,6,11-12H2,1-3H3,(H,27,31)/t22-,23-/m0/s1. The molecule has 4 rings (SSSR count). The Morgan fingerprint density at radius 3 is 2.68 bits per heavy atom. The Bertz CT molecular complexity index is 1100. The molecule has 31 heavy (non-hydrogen) atoms. The van der Waals surface area contributed by atoms with Gasteiger partial charge in [0.05, 0.1) is 17.8 Å². The van der Waals surface area contributed by atoms with Gasteiger partial charge in [-0.05, 0) is 80.9 Å². The smallest absolute Gasteiger partial charge is 0.170 e.